The maximum absolute atomic E-state index is 12.9. The van der Waals surface area contributed by atoms with E-state index in [1.54, 1.807) is 4.90 Å². The van der Waals surface area contributed by atoms with Crippen LogP contribution < -0.4 is 4.72 Å². The highest BCUT2D eigenvalue weighted by Crippen LogP contribution is 2.20. The van der Waals surface area contributed by atoms with Gasteiger partial charge in [0.25, 0.3) is 0 Å². The number of carbonyl (C=O) groups is 1. The molecule has 0 radical (unpaired) electrons. The standard InChI is InChI=1S/C18H25N3O4S/c1-25-10-11-26(23,24)20-17(18(22)21-8-4-5-9-21)12-14-13-19-16-7-3-2-6-15(14)16/h2-3,6-7,13,17,19-20H,4-5,8-12H2,1H3/t17-/m0/s1. The van der Waals surface area contributed by atoms with E-state index in [9.17, 15) is 13.2 Å². The van der Waals surface area contributed by atoms with Gasteiger partial charge in [0.1, 0.15) is 6.04 Å². The molecule has 1 fully saturated rings. The summed E-state index contributed by atoms with van der Waals surface area (Å²) in [7, 11) is -2.15. The predicted octanol–water partition coefficient (Wildman–Crippen LogP) is 1.27. The monoisotopic (exact) mass is 379 g/mol. The van der Waals surface area contributed by atoms with Crippen molar-refractivity contribution in [2.75, 3.05) is 32.6 Å². The lowest BCUT2D eigenvalue weighted by atomic mass is 10.0. The zero-order valence-corrected chi connectivity index (χ0v) is 15.7. The van der Waals surface area contributed by atoms with Crippen LogP contribution in [0.15, 0.2) is 30.5 Å². The van der Waals surface area contributed by atoms with E-state index in [0.29, 0.717) is 19.5 Å². The van der Waals surface area contributed by atoms with Crippen LogP contribution in [0.4, 0.5) is 0 Å². The molecule has 0 saturated carbocycles. The number of likely N-dealkylation sites (tertiary alicyclic amines) is 1. The minimum absolute atomic E-state index is 0.0903. The van der Waals surface area contributed by atoms with Gasteiger partial charge in [-0.2, -0.15) is 0 Å². The van der Waals surface area contributed by atoms with E-state index < -0.39 is 16.1 Å². The Morgan fingerprint density at radius 1 is 1.31 bits per heavy atom. The topological polar surface area (TPSA) is 91.5 Å². The molecular formula is C18H25N3O4S. The zero-order chi connectivity index (χ0) is 18.6. The van der Waals surface area contributed by atoms with Crippen LogP contribution in [0.25, 0.3) is 10.9 Å². The molecule has 1 aliphatic heterocycles. The molecule has 1 aliphatic rings. The Hall–Kier alpha value is -1.90. The Bertz CT molecular complexity index is 856. The highest BCUT2D eigenvalue weighted by Gasteiger charge is 2.30. The van der Waals surface area contributed by atoms with Crippen molar-refractivity contribution in [2.45, 2.75) is 25.3 Å². The molecule has 7 nitrogen and oxygen atoms in total. The van der Waals surface area contributed by atoms with Gasteiger partial charge in [0.05, 0.1) is 12.4 Å². The lowest BCUT2D eigenvalue weighted by molar-refractivity contribution is -0.131. The first-order chi connectivity index (χ1) is 12.5. The highest BCUT2D eigenvalue weighted by atomic mass is 32.2. The van der Waals surface area contributed by atoms with Crippen LogP contribution in [-0.2, 0) is 26.0 Å². The number of sulfonamides is 1. The highest BCUT2D eigenvalue weighted by molar-refractivity contribution is 7.89. The summed E-state index contributed by atoms with van der Waals surface area (Å²) in [6.45, 7) is 1.46. The number of nitrogens with one attached hydrogen (secondary N) is 2. The van der Waals surface area contributed by atoms with Gasteiger partial charge in [-0.1, -0.05) is 18.2 Å². The van der Waals surface area contributed by atoms with Crippen LogP contribution >= 0.6 is 0 Å². The molecule has 2 aromatic rings. The Morgan fingerprint density at radius 3 is 2.77 bits per heavy atom. The third kappa shape index (κ3) is 4.44. The van der Waals surface area contributed by atoms with E-state index in [1.807, 2.05) is 30.5 Å². The number of hydrogen-bond acceptors (Lipinski definition) is 4. The molecule has 1 amide bonds. The SMILES string of the molecule is COCCS(=O)(=O)N[C@@H](Cc1c[nH]c2ccccc12)C(=O)N1CCCC1. The summed E-state index contributed by atoms with van der Waals surface area (Å²) in [5.41, 5.74) is 1.89. The van der Waals surface area contributed by atoms with E-state index in [-0.39, 0.29) is 18.3 Å². The van der Waals surface area contributed by atoms with Crippen LogP contribution in [0, 0.1) is 0 Å². The molecule has 0 spiro atoms. The van der Waals surface area contributed by atoms with E-state index in [2.05, 4.69) is 9.71 Å². The summed E-state index contributed by atoms with van der Waals surface area (Å²) in [6.07, 6.45) is 4.08. The molecule has 26 heavy (non-hydrogen) atoms. The van der Waals surface area contributed by atoms with Crippen molar-refractivity contribution < 1.29 is 17.9 Å². The molecule has 3 rings (SSSR count). The average molecular weight is 379 g/mol. The van der Waals surface area contributed by atoms with Crippen LogP contribution in [0.5, 0.6) is 0 Å². The molecular weight excluding hydrogens is 354 g/mol. The second-order valence-corrected chi connectivity index (χ2v) is 8.45. The normalized spacial score (nSPS) is 16.3. The van der Waals surface area contributed by atoms with Gasteiger partial charge in [-0.3, -0.25) is 4.79 Å². The molecule has 0 aliphatic carbocycles. The fraction of sp³-hybridized carbons (Fsp3) is 0.500. The Morgan fingerprint density at radius 2 is 2.04 bits per heavy atom. The van der Waals surface area contributed by atoms with E-state index in [4.69, 9.17) is 4.74 Å². The first-order valence-electron chi connectivity index (χ1n) is 8.83. The van der Waals surface area contributed by atoms with Crippen LogP contribution in [0.1, 0.15) is 18.4 Å². The van der Waals surface area contributed by atoms with Crippen molar-refractivity contribution in [3.05, 3.63) is 36.0 Å². The van der Waals surface area contributed by atoms with Gasteiger partial charge in [-0.25, -0.2) is 13.1 Å². The lowest BCUT2D eigenvalue weighted by Crippen LogP contribution is -2.49. The zero-order valence-electron chi connectivity index (χ0n) is 14.9. The van der Waals surface area contributed by atoms with Gasteiger partial charge >= 0.3 is 0 Å². The first-order valence-corrected chi connectivity index (χ1v) is 10.5. The molecule has 1 aromatic carbocycles. The van der Waals surface area contributed by atoms with Gasteiger partial charge in [-0.05, 0) is 30.9 Å². The minimum Gasteiger partial charge on any atom is -0.384 e. The number of aromatic amines is 1. The van der Waals surface area contributed by atoms with E-state index >= 15 is 0 Å². The first kappa shape index (κ1) is 18.9. The van der Waals surface area contributed by atoms with Crippen molar-refractivity contribution in [3.8, 4) is 0 Å². The summed E-state index contributed by atoms with van der Waals surface area (Å²) >= 11 is 0. The van der Waals surface area contributed by atoms with Gasteiger partial charge in [0.2, 0.25) is 15.9 Å². The van der Waals surface area contributed by atoms with Gasteiger partial charge in [0, 0.05) is 37.3 Å². The fourth-order valence-corrected chi connectivity index (χ4v) is 4.45. The number of aromatic nitrogens is 1. The lowest BCUT2D eigenvalue weighted by Gasteiger charge is -2.24. The Labute approximate surface area is 153 Å². The van der Waals surface area contributed by atoms with Crippen LogP contribution in [-0.4, -0.2) is 62.8 Å². The molecule has 0 unspecified atom stereocenters. The maximum atomic E-state index is 12.9. The van der Waals surface area contributed by atoms with Crippen molar-refractivity contribution in [1.82, 2.24) is 14.6 Å². The number of hydrogen-bond donors (Lipinski definition) is 2. The van der Waals surface area contributed by atoms with Crippen molar-refractivity contribution in [1.29, 1.82) is 0 Å². The van der Waals surface area contributed by atoms with E-state index in [1.165, 1.54) is 7.11 Å². The number of rotatable bonds is 8. The largest absolute Gasteiger partial charge is 0.384 e. The number of benzene rings is 1. The number of nitrogens with zero attached hydrogens (tertiary/aromatic N) is 1. The maximum Gasteiger partial charge on any atom is 0.241 e. The number of amides is 1. The number of methoxy groups -OCH3 is 1. The van der Waals surface area contributed by atoms with Gasteiger partial charge in [0.15, 0.2) is 0 Å². The van der Waals surface area contributed by atoms with Crippen molar-refractivity contribution >= 4 is 26.8 Å². The number of H-pyrrole nitrogens is 1. The molecule has 1 atom stereocenters. The molecule has 0 bridgehead atoms. The number of carbonyl (C=O) groups excluding carboxylic acids is 1. The Balaban J connectivity index is 1.83. The van der Waals surface area contributed by atoms with Gasteiger partial charge < -0.3 is 14.6 Å². The summed E-state index contributed by atoms with van der Waals surface area (Å²) in [5.74, 6) is -0.324. The number of ether oxygens (including phenoxy) is 1. The molecule has 2 N–H and O–H groups in total. The molecule has 8 heteroatoms. The molecule has 1 saturated heterocycles. The second kappa shape index (κ2) is 8.20. The predicted molar refractivity (Wildman–Crippen MR) is 100 cm³/mol. The summed E-state index contributed by atoms with van der Waals surface area (Å²) in [5, 5.41) is 1.00. The van der Waals surface area contributed by atoms with Crippen molar-refractivity contribution in [3.63, 3.8) is 0 Å². The van der Waals surface area contributed by atoms with Crippen molar-refractivity contribution in [2.24, 2.45) is 0 Å². The van der Waals surface area contributed by atoms with Crippen LogP contribution in [0.3, 0.4) is 0 Å². The van der Waals surface area contributed by atoms with Crippen LogP contribution in [0.2, 0.25) is 0 Å². The molecule has 1 aromatic heterocycles. The van der Waals surface area contributed by atoms with Gasteiger partial charge in [-0.15, -0.1) is 0 Å². The van der Waals surface area contributed by atoms with E-state index in [0.717, 1.165) is 29.3 Å². The molecule has 142 valence electrons. The average Bonchev–Trinajstić information content (AvgIpc) is 3.29. The fourth-order valence-electron chi connectivity index (χ4n) is 3.33. The second-order valence-electron chi connectivity index (χ2n) is 6.58. The number of para-hydroxylation sites is 1. The smallest absolute Gasteiger partial charge is 0.241 e. The quantitative estimate of drug-likeness (QED) is 0.722. The Kier molecular flexibility index (Phi) is 5.95. The summed E-state index contributed by atoms with van der Waals surface area (Å²) in [6, 6.07) is 6.98. The third-order valence-electron chi connectivity index (χ3n) is 4.69. The molecule has 2 heterocycles. The third-order valence-corrected chi connectivity index (χ3v) is 6.04. The number of fused-ring (bicyclic) bond motifs is 1. The summed E-state index contributed by atoms with van der Waals surface area (Å²) in [4.78, 5) is 17.8. The summed E-state index contributed by atoms with van der Waals surface area (Å²) < 4.78 is 32.1. The minimum atomic E-state index is -3.61.